The molecule has 2 rings (SSSR count). The lowest BCUT2D eigenvalue weighted by Crippen LogP contribution is -2.14. The Labute approximate surface area is 159 Å². The van der Waals surface area contributed by atoms with Crippen molar-refractivity contribution in [3.8, 4) is 12.1 Å². The van der Waals surface area contributed by atoms with Crippen molar-refractivity contribution in [3.05, 3.63) is 44.3 Å². The fourth-order valence-corrected chi connectivity index (χ4v) is 3.17. The van der Waals surface area contributed by atoms with E-state index in [2.05, 4.69) is 42.2 Å². The van der Waals surface area contributed by atoms with Crippen LogP contribution in [0.1, 0.15) is 11.1 Å². The Morgan fingerprint density at radius 1 is 1.25 bits per heavy atom. The number of hydrogen-bond acceptors (Lipinski definition) is 6. The van der Waals surface area contributed by atoms with Gasteiger partial charge in [0.15, 0.2) is 0 Å². The number of hydrogen-bond donors (Lipinski definition) is 2. The molecule has 120 valence electrons. The van der Waals surface area contributed by atoms with Gasteiger partial charge in [0.1, 0.15) is 23.0 Å². The number of pyridine rings is 1. The van der Waals surface area contributed by atoms with E-state index in [0.717, 1.165) is 20.7 Å². The number of halogens is 2. The lowest BCUT2D eigenvalue weighted by Gasteiger charge is -2.09. The van der Waals surface area contributed by atoms with Crippen LogP contribution in [-0.4, -0.2) is 16.6 Å². The summed E-state index contributed by atoms with van der Waals surface area (Å²) >= 11 is 7.78. The molecule has 0 fully saturated rings. The van der Waals surface area contributed by atoms with E-state index in [9.17, 15) is 4.79 Å². The third-order valence-electron chi connectivity index (χ3n) is 2.80. The molecule has 2 aromatic rings. The monoisotopic (exact) mass is 465 g/mol. The normalized spacial score (nSPS) is 9.83. The maximum atomic E-state index is 12.1. The number of nitrogen functional groups attached to an aromatic ring is 1. The Morgan fingerprint density at radius 2 is 1.96 bits per heavy atom. The first-order valence-corrected chi connectivity index (χ1v) is 9.00. The van der Waals surface area contributed by atoms with Crippen LogP contribution in [0.4, 0.5) is 11.5 Å². The molecule has 3 N–H and O–H groups in total. The molecule has 1 heterocycles. The number of rotatable bonds is 4. The molecule has 0 saturated carbocycles. The molecular formula is C15H9Br2N5OS. The molecule has 24 heavy (non-hydrogen) atoms. The number of amides is 1. The zero-order valence-corrected chi connectivity index (χ0v) is 16.0. The van der Waals surface area contributed by atoms with Gasteiger partial charge in [-0.3, -0.25) is 4.79 Å². The third kappa shape index (κ3) is 4.48. The van der Waals surface area contributed by atoms with Crippen molar-refractivity contribution in [2.45, 2.75) is 5.03 Å². The number of carbonyl (C=O) groups is 1. The highest BCUT2D eigenvalue weighted by atomic mass is 79.9. The minimum Gasteiger partial charge on any atom is -0.383 e. The summed E-state index contributed by atoms with van der Waals surface area (Å²) in [5.74, 6) is -0.173. The van der Waals surface area contributed by atoms with Crippen LogP contribution in [0.5, 0.6) is 0 Å². The maximum Gasteiger partial charge on any atom is 0.234 e. The summed E-state index contributed by atoms with van der Waals surface area (Å²) in [6.45, 7) is 0. The van der Waals surface area contributed by atoms with E-state index in [1.54, 1.807) is 6.07 Å². The van der Waals surface area contributed by atoms with E-state index in [-0.39, 0.29) is 28.6 Å². The van der Waals surface area contributed by atoms with Gasteiger partial charge in [-0.1, -0.05) is 27.7 Å². The van der Waals surface area contributed by atoms with Gasteiger partial charge in [0.25, 0.3) is 0 Å². The molecule has 0 aliphatic rings. The van der Waals surface area contributed by atoms with Gasteiger partial charge in [-0.2, -0.15) is 10.5 Å². The molecule has 0 aliphatic heterocycles. The van der Waals surface area contributed by atoms with Gasteiger partial charge in [-0.15, -0.1) is 0 Å². The van der Waals surface area contributed by atoms with Crippen molar-refractivity contribution in [3.63, 3.8) is 0 Å². The molecule has 0 aliphatic carbocycles. The average molecular weight is 467 g/mol. The second-order valence-corrected chi connectivity index (χ2v) is 7.19. The van der Waals surface area contributed by atoms with Crippen LogP contribution in [0.25, 0.3) is 0 Å². The summed E-state index contributed by atoms with van der Waals surface area (Å²) in [4.78, 5) is 16.1. The van der Waals surface area contributed by atoms with Gasteiger partial charge in [-0.05, 0) is 40.2 Å². The fraction of sp³-hybridized carbons (Fsp3) is 0.0667. The fourth-order valence-electron chi connectivity index (χ4n) is 1.70. The molecular weight excluding hydrogens is 458 g/mol. The minimum atomic E-state index is -0.257. The Bertz CT molecular complexity index is 889. The summed E-state index contributed by atoms with van der Waals surface area (Å²) in [6.07, 6.45) is 0. The topological polar surface area (TPSA) is 116 Å². The van der Waals surface area contributed by atoms with Gasteiger partial charge < -0.3 is 11.1 Å². The average Bonchev–Trinajstić information content (AvgIpc) is 2.56. The van der Waals surface area contributed by atoms with Gasteiger partial charge in [0.2, 0.25) is 5.91 Å². The number of nitriles is 2. The highest BCUT2D eigenvalue weighted by molar-refractivity contribution is 9.11. The van der Waals surface area contributed by atoms with Crippen LogP contribution < -0.4 is 11.1 Å². The number of nitrogens with two attached hydrogens (primary N) is 1. The number of carbonyl (C=O) groups excluding carboxylic acids is 1. The number of anilines is 2. The predicted octanol–water partition coefficient (Wildman–Crippen LogP) is 3.66. The quantitative estimate of drug-likeness (QED) is 0.664. The molecule has 1 aromatic carbocycles. The Hall–Kier alpha value is -2.07. The van der Waals surface area contributed by atoms with E-state index < -0.39 is 0 Å². The Kier molecular flexibility index (Phi) is 6.21. The standard InChI is InChI=1S/C15H9Br2N5OS/c16-10-1-2-11(17)12(4-10)21-13(23)7-24-15-9(6-19)3-8(5-18)14(20)22-15/h1-4H,7H2,(H2,20,22)(H,21,23). The second-order valence-electron chi connectivity index (χ2n) is 4.46. The molecule has 0 spiro atoms. The van der Waals surface area contributed by atoms with Crippen LogP contribution in [0, 0.1) is 22.7 Å². The SMILES string of the molecule is N#Cc1cc(C#N)c(SCC(=O)Nc2cc(Br)ccc2Br)nc1N. The summed E-state index contributed by atoms with van der Waals surface area (Å²) in [7, 11) is 0. The summed E-state index contributed by atoms with van der Waals surface area (Å²) in [5.41, 5.74) is 6.63. The molecule has 0 unspecified atom stereocenters. The molecule has 0 radical (unpaired) electrons. The number of nitrogens with zero attached hydrogens (tertiary/aromatic N) is 3. The number of aromatic nitrogens is 1. The van der Waals surface area contributed by atoms with Crippen LogP contribution in [0.3, 0.4) is 0 Å². The predicted molar refractivity (Wildman–Crippen MR) is 99.3 cm³/mol. The molecule has 0 bridgehead atoms. The largest absolute Gasteiger partial charge is 0.383 e. The van der Waals surface area contributed by atoms with Crippen molar-refractivity contribution in [1.29, 1.82) is 10.5 Å². The number of nitrogens with one attached hydrogen (secondary N) is 1. The van der Waals surface area contributed by atoms with Crippen LogP contribution in [-0.2, 0) is 4.79 Å². The van der Waals surface area contributed by atoms with Crippen LogP contribution in [0.2, 0.25) is 0 Å². The van der Waals surface area contributed by atoms with Crippen molar-refractivity contribution in [2.75, 3.05) is 16.8 Å². The first kappa shape index (κ1) is 18.3. The third-order valence-corrected chi connectivity index (χ3v) is 4.98. The van der Waals surface area contributed by atoms with Crippen molar-refractivity contribution in [2.24, 2.45) is 0 Å². The summed E-state index contributed by atoms with van der Waals surface area (Å²) in [5, 5.41) is 21.1. The number of thioether (sulfide) groups is 1. The second kappa shape index (κ2) is 8.15. The number of benzene rings is 1. The molecule has 1 amide bonds. The smallest absolute Gasteiger partial charge is 0.234 e. The van der Waals surface area contributed by atoms with Gasteiger partial charge >= 0.3 is 0 Å². The molecule has 0 atom stereocenters. The first-order valence-electron chi connectivity index (χ1n) is 6.43. The van der Waals surface area contributed by atoms with Gasteiger partial charge in [0.05, 0.1) is 22.6 Å². The highest BCUT2D eigenvalue weighted by Gasteiger charge is 2.13. The van der Waals surface area contributed by atoms with E-state index in [4.69, 9.17) is 16.3 Å². The summed E-state index contributed by atoms with van der Waals surface area (Å²) < 4.78 is 1.59. The Balaban J connectivity index is 2.10. The molecule has 6 nitrogen and oxygen atoms in total. The molecule has 9 heteroatoms. The molecule has 0 saturated heterocycles. The maximum absolute atomic E-state index is 12.1. The van der Waals surface area contributed by atoms with Crippen molar-refractivity contribution >= 4 is 61.0 Å². The van der Waals surface area contributed by atoms with Crippen molar-refractivity contribution < 1.29 is 4.79 Å². The van der Waals surface area contributed by atoms with E-state index in [0.29, 0.717) is 10.7 Å². The van der Waals surface area contributed by atoms with E-state index in [1.165, 1.54) is 6.07 Å². The van der Waals surface area contributed by atoms with Gasteiger partial charge in [-0.25, -0.2) is 4.98 Å². The van der Waals surface area contributed by atoms with Crippen LogP contribution >= 0.6 is 43.6 Å². The lowest BCUT2D eigenvalue weighted by atomic mass is 10.2. The Morgan fingerprint density at radius 3 is 2.62 bits per heavy atom. The van der Waals surface area contributed by atoms with Crippen molar-refractivity contribution in [1.82, 2.24) is 4.98 Å². The van der Waals surface area contributed by atoms with Crippen LogP contribution in [0.15, 0.2) is 38.2 Å². The summed E-state index contributed by atoms with van der Waals surface area (Å²) in [6, 6.07) is 10.6. The van der Waals surface area contributed by atoms with E-state index >= 15 is 0 Å². The lowest BCUT2D eigenvalue weighted by molar-refractivity contribution is -0.113. The first-order chi connectivity index (χ1) is 11.4. The van der Waals surface area contributed by atoms with Gasteiger partial charge in [0, 0.05) is 8.95 Å². The zero-order valence-electron chi connectivity index (χ0n) is 12.0. The highest BCUT2D eigenvalue weighted by Crippen LogP contribution is 2.27. The zero-order chi connectivity index (χ0) is 17.7. The van der Waals surface area contributed by atoms with E-state index in [1.807, 2.05) is 24.3 Å². The minimum absolute atomic E-state index is 0.0362. The molecule has 1 aromatic heterocycles.